The van der Waals surface area contributed by atoms with Gasteiger partial charge in [0.15, 0.2) is 0 Å². The van der Waals surface area contributed by atoms with E-state index in [0.717, 1.165) is 52.2 Å². The summed E-state index contributed by atoms with van der Waals surface area (Å²) in [6, 6.07) is 0. The summed E-state index contributed by atoms with van der Waals surface area (Å²) < 4.78 is 10.2. The number of hydrogen-bond acceptors (Lipinski definition) is 4. The second-order valence-corrected chi connectivity index (χ2v) is 4.34. The van der Waals surface area contributed by atoms with Crippen LogP contribution in [0, 0.1) is 0 Å². The van der Waals surface area contributed by atoms with Gasteiger partial charge >= 0.3 is 0 Å². The number of methoxy groups -OCH3 is 2. The summed E-state index contributed by atoms with van der Waals surface area (Å²) in [5, 5.41) is 0. The average Bonchev–Trinajstić information content (AvgIpc) is 2.25. The fourth-order valence-electron chi connectivity index (χ4n) is 1.54. The van der Waals surface area contributed by atoms with Crippen molar-refractivity contribution < 1.29 is 9.47 Å². The van der Waals surface area contributed by atoms with Gasteiger partial charge in [0.2, 0.25) is 0 Å². The first-order valence-electron chi connectivity index (χ1n) is 6.05. The Hall–Kier alpha value is -0.160. The maximum atomic E-state index is 5.08. The molecule has 0 aliphatic rings. The molecule has 16 heavy (non-hydrogen) atoms. The zero-order valence-electron chi connectivity index (χ0n) is 11.4. The van der Waals surface area contributed by atoms with E-state index in [0.29, 0.717) is 0 Å². The van der Waals surface area contributed by atoms with Crippen LogP contribution in [0.2, 0.25) is 0 Å². The van der Waals surface area contributed by atoms with Gasteiger partial charge in [-0.25, -0.2) is 0 Å². The second kappa shape index (κ2) is 11.3. The topological polar surface area (TPSA) is 24.9 Å². The summed E-state index contributed by atoms with van der Waals surface area (Å²) in [5.41, 5.74) is 0. The molecule has 0 rings (SSSR count). The van der Waals surface area contributed by atoms with Gasteiger partial charge in [0.25, 0.3) is 0 Å². The van der Waals surface area contributed by atoms with Crippen molar-refractivity contribution in [2.75, 3.05) is 67.7 Å². The Bertz CT molecular complexity index is 133. The lowest BCUT2D eigenvalue weighted by Crippen LogP contribution is -2.34. The highest BCUT2D eigenvalue weighted by atomic mass is 16.5. The van der Waals surface area contributed by atoms with E-state index in [2.05, 4.69) is 23.9 Å². The van der Waals surface area contributed by atoms with Crippen molar-refractivity contribution in [2.45, 2.75) is 12.8 Å². The Morgan fingerprint density at radius 2 is 1.25 bits per heavy atom. The third kappa shape index (κ3) is 10.4. The van der Waals surface area contributed by atoms with E-state index in [-0.39, 0.29) is 0 Å². The molecule has 0 N–H and O–H groups in total. The van der Waals surface area contributed by atoms with E-state index in [1.807, 2.05) is 0 Å². The number of hydrogen-bond donors (Lipinski definition) is 0. The molecular weight excluding hydrogens is 204 g/mol. The maximum Gasteiger partial charge on any atom is 0.0474 e. The molecule has 0 bridgehead atoms. The van der Waals surface area contributed by atoms with E-state index < -0.39 is 0 Å². The van der Waals surface area contributed by atoms with Crippen LogP contribution in [0.15, 0.2) is 0 Å². The fraction of sp³-hybridized carbons (Fsp3) is 1.00. The highest BCUT2D eigenvalue weighted by molar-refractivity contribution is 4.60. The monoisotopic (exact) mass is 232 g/mol. The minimum Gasteiger partial charge on any atom is -0.385 e. The van der Waals surface area contributed by atoms with Crippen molar-refractivity contribution in [1.29, 1.82) is 0 Å². The van der Waals surface area contributed by atoms with Crippen LogP contribution < -0.4 is 0 Å². The van der Waals surface area contributed by atoms with Gasteiger partial charge in [-0.1, -0.05) is 0 Å². The van der Waals surface area contributed by atoms with Crippen molar-refractivity contribution in [1.82, 2.24) is 9.80 Å². The Morgan fingerprint density at radius 1 is 0.750 bits per heavy atom. The van der Waals surface area contributed by atoms with Gasteiger partial charge < -0.3 is 19.3 Å². The molecule has 4 heteroatoms. The lowest BCUT2D eigenvalue weighted by Gasteiger charge is -2.23. The quantitative estimate of drug-likeness (QED) is 0.495. The van der Waals surface area contributed by atoms with Crippen molar-refractivity contribution >= 4 is 0 Å². The molecule has 0 fully saturated rings. The zero-order chi connectivity index (χ0) is 12.2. The molecule has 0 atom stereocenters. The molecule has 0 aromatic carbocycles. The molecule has 0 spiro atoms. The summed E-state index contributed by atoms with van der Waals surface area (Å²) in [5.74, 6) is 0. The second-order valence-electron chi connectivity index (χ2n) is 4.34. The molecule has 4 nitrogen and oxygen atoms in total. The first-order valence-corrected chi connectivity index (χ1v) is 6.05. The minimum absolute atomic E-state index is 0.850. The maximum absolute atomic E-state index is 5.08. The molecule has 0 aliphatic heterocycles. The molecule has 0 unspecified atom stereocenters. The molecule has 0 aromatic rings. The van der Waals surface area contributed by atoms with Crippen LogP contribution in [0.1, 0.15) is 12.8 Å². The highest BCUT2D eigenvalue weighted by Gasteiger charge is 2.04. The summed E-state index contributed by atoms with van der Waals surface area (Å²) in [6.07, 6.45) is 2.22. The van der Waals surface area contributed by atoms with Gasteiger partial charge in [0, 0.05) is 53.6 Å². The smallest absolute Gasteiger partial charge is 0.0474 e. The average molecular weight is 232 g/mol. The van der Waals surface area contributed by atoms with Crippen LogP contribution in [-0.4, -0.2) is 77.5 Å². The minimum atomic E-state index is 0.850. The molecule has 0 radical (unpaired) electrons. The Labute approximate surface area is 101 Å². The van der Waals surface area contributed by atoms with Gasteiger partial charge in [-0.2, -0.15) is 0 Å². The van der Waals surface area contributed by atoms with Crippen LogP contribution >= 0.6 is 0 Å². The SMILES string of the molecule is COCCCN(CCCOC)CCN(C)C. The van der Waals surface area contributed by atoms with Crippen LogP contribution in [0.4, 0.5) is 0 Å². The summed E-state index contributed by atoms with van der Waals surface area (Å²) in [6.45, 7) is 6.17. The molecule has 0 aliphatic carbocycles. The van der Waals surface area contributed by atoms with Crippen molar-refractivity contribution in [3.63, 3.8) is 0 Å². The molecule has 98 valence electrons. The highest BCUT2D eigenvalue weighted by Crippen LogP contribution is 1.96. The van der Waals surface area contributed by atoms with E-state index in [1.54, 1.807) is 14.2 Å². The van der Waals surface area contributed by atoms with E-state index in [4.69, 9.17) is 9.47 Å². The van der Waals surface area contributed by atoms with Gasteiger partial charge in [0.1, 0.15) is 0 Å². The van der Waals surface area contributed by atoms with E-state index >= 15 is 0 Å². The molecule has 0 amide bonds. The Kier molecular flexibility index (Phi) is 11.2. The number of rotatable bonds is 11. The third-order valence-electron chi connectivity index (χ3n) is 2.51. The van der Waals surface area contributed by atoms with Gasteiger partial charge in [-0.3, -0.25) is 0 Å². The predicted octanol–water partition coefficient (Wildman–Crippen LogP) is 0.923. The van der Waals surface area contributed by atoms with Crippen LogP contribution in [-0.2, 0) is 9.47 Å². The first-order chi connectivity index (χ1) is 7.70. The van der Waals surface area contributed by atoms with Crippen LogP contribution in [0.5, 0.6) is 0 Å². The Balaban J connectivity index is 3.67. The third-order valence-corrected chi connectivity index (χ3v) is 2.51. The molecule has 0 saturated heterocycles. The first kappa shape index (κ1) is 15.8. The molecule has 0 saturated carbocycles. The number of nitrogens with zero attached hydrogens (tertiary/aromatic N) is 2. The molecule has 0 aromatic heterocycles. The Morgan fingerprint density at radius 3 is 1.62 bits per heavy atom. The standard InChI is InChI=1S/C12H28N2O2/c1-13(2)9-10-14(7-5-11-15-3)8-6-12-16-4/h5-12H2,1-4H3. The van der Waals surface area contributed by atoms with Gasteiger partial charge in [-0.15, -0.1) is 0 Å². The molecule has 0 heterocycles. The fourth-order valence-corrected chi connectivity index (χ4v) is 1.54. The van der Waals surface area contributed by atoms with Crippen molar-refractivity contribution in [3.05, 3.63) is 0 Å². The van der Waals surface area contributed by atoms with Crippen molar-refractivity contribution in [3.8, 4) is 0 Å². The largest absolute Gasteiger partial charge is 0.385 e. The number of ether oxygens (including phenoxy) is 2. The van der Waals surface area contributed by atoms with E-state index in [1.165, 1.54) is 0 Å². The van der Waals surface area contributed by atoms with Crippen molar-refractivity contribution in [2.24, 2.45) is 0 Å². The molecular formula is C12H28N2O2. The van der Waals surface area contributed by atoms with Crippen LogP contribution in [0.3, 0.4) is 0 Å². The summed E-state index contributed by atoms with van der Waals surface area (Å²) in [4.78, 5) is 4.71. The predicted molar refractivity (Wildman–Crippen MR) is 68.0 cm³/mol. The lowest BCUT2D eigenvalue weighted by atomic mass is 10.3. The summed E-state index contributed by atoms with van der Waals surface area (Å²) in [7, 11) is 7.75. The zero-order valence-corrected chi connectivity index (χ0v) is 11.4. The normalized spacial score (nSPS) is 11.6. The number of likely N-dealkylation sites (N-methyl/N-ethyl adjacent to an activating group) is 1. The van der Waals surface area contributed by atoms with Crippen LogP contribution in [0.25, 0.3) is 0 Å². The van der Waals surface area contributed by atoms with Gasteiger partial charge in [-0.05, 0) is 26.9 Å². The van der Waals surface area contributed by atoms with Gasteiger partial charge in [0.05, 0.1) is 0 Å². The van der Waals surface area contributed by atoms with E-state index in [9.17, 15) is 0 Å². The summed E-state index contributed by atoms with van der Waals surface area (Å²) >= 11 is 0. The lowest BCUT2D eigenvalue weighted by molar-refractivity contribution is 0.149.